The Bertz CT molecular complexity index is 791. The van der Waals surface area contributed by atoms with Gasteiger partial charge < -0.3 is 11.1 Å². The van der Waals surface area contributed by atoms with Gasteiger partial charge in [-0.25, -0.2) is 4.98 Å². The van der Waals surface area contributed by atoms with Crippen LogP contribution in [0.25, 0.3) is 0 Å². The minimum Gasteiger partial charge on any atom is -0.383 e. The average Bonchev–Trinajstić information content (AvgIpc) is 2.76. The zero-order chi connectivity index (χ0) is 18.1. The summed E-state index contributed by atoms with van der Waals surface area (Å²) in [6, 6.07) is 2.87. The van der Waals surface area contributed by atoms with Crippen molar-refractivity contribution in [2.24, 2.45) is 12.5 Å². The zero-order valence-electron chi connectivity index (χ0n) is 14.0. The number of anilines is 2. The summed E-state index contributed by atoms with van der Waals surface area (Å²) in [6.07, 6.45) is 1.76. The Hall–Kier alpha value is -2.97. The minimum absolute atomic E-state index is 0.0530. The first-order valence-electron chi connectivity index (χ1n) is 7.31. The highest BCUT2D eigenvalue weighted by molar-refractivity contribution is 6.07. The van der Waals surface area contributed by atoms with Crippen molar-refractivity contribution in [3.05, 3.63) is 39.7 Å². The highest BCUT2D eigenvalue weighted by Gasteiger charge is 2.19. The summed E-state index contributed by atoms with van der Waals surface area (Å²) < 4.78 is 1.54. The fourth-order valence-electron chi connectivity index (χ4n) is 2.20. The zero-order valence-corrected chi connectivity index (χ0v) is 14.0. The summed E-state index contributed by atoms with van der Waals surface area (Å²) in [7, 11) is 1.71. The standard InChI is InChI=1S/C15H20N6O3/c1-15(2,3)7-9-5-12(20(4)19-9)18-14(22)11-6-10(21(23)24)8-17-13(11)16/h5-6,8H,7H2,1-4H3,(H2,16,17)(H,18,22). The van der Waals surface area contributed by atoms with E-state index < -0.39 is 10.8 Å². The van der Waals surface area contributed by atoms with E-state index in [9.17, 15) is 14.9 Å². The van der Waals surface area contributed by atoms with Gasteiger partial charge in [0, 0.05) is 19.2 Å². The van der Waals surface area contributed by atoms with Crippen LogP contribution in [0.15, 0.2) is 18.3 Å². The lowest BCUT2D eigenvalue weighted by Crippen LogP contribution is -2.17. The van der Waals surface area contributed by atoms with Crippen molar-refractivity contribution >= 4 is 23.2 Å². The molecule has 0 aliphatic carbocycles. The van der Waals surface area contributed by atoms with Gasteiger partial charge in [0.2, 0.25) is 0 Å². The van der Waals surface area contributed by atoms with Crippen LogP contribution in [0, 0.1) is 15.5 Å². The summed E-state index contributed by atoms with van der Waals surface area (Å²) in [5.74, 6) is -0.172. The SMILES string of the molecule is Cn1nc(CC(C)(C)C)cc1NC(=O)c1cc([N+](=O)[O-])cnc1N. The maximum absolute atomic E-state index is 12.4. The predicted octanol–water partition coefficient (Wildman–Crippen LogP) is 2.15. The molecule has 3 N–H and O–H groups in total. The molecule has 0 saturated heterocycles. The molecule has 0 aliphatic heterocycles. The second-order valence-electron chi connectivity index (χ2n) is 6.72. The third-order valence-corrected chi connectivity index (χ3v) is 3.24. The largest absolute Gasteiger partial charge is 0.383 e. The number of nitrogens with one attached hydrogen (secondary N) is 1. The molecule has 2 aromatic rings. The van der Waals surface area contributed by atoms with Crippen LogP contribution in [-0.4, -0.2) is 25.6 Å². The predicted molar refractivity (Wildman–Crippen MR) is 89.6 cm³/mol. The van der Waals surface area contributed by atoms with Crippen LogP contribution >= 0.6 is 0 Å². The minimum atomic E-state index is -0.630. The Kier molecular flexibility index (Phi) is 4.54. The number of nitro groups is 1. The smallest absolute Gasteiger partial charge is 0.288 e. The Labute approximate surface area is 139 Å². The number of carbonyl (C=O) groups excluding carboxylic acids is 1. The molecule has 0 unspecified atom stereocenters. The van der Waals surface area contributed by atoms with E-state index in [2.05, 4.69) is 36.2 Å². The van der Waals surface area contributed by atoms with Gasteiger partial charge in [-0.2, -0.15) is 5.10 Å². The van der Waals surface area contributed by atoms with E-state index in [4.69, 9.17) is 5.73 Å². The number of rotatable bonds is 4. The van der Waals surface area contributed by atoms with Gasteiger partial charge in [-0.15, -0.1) is 0 Å². The van der Waals surface area contributed by atoms with Crippen LogP contribution < -0.4 is 11.1 Å². The van der Waals surface area contributed by atoms with E-state index in [1.165, 1.54) is 0 Å². The number of nitrogens with two attached hydrogens (primary N) is 1. The van der Waals surface area contributed by atoms with Gasteiger partial charge in [0.15, 0.2) is 0 Å². The number of hydrogen-bond donors (Lipinski definition) is 2. The summed E-state index contributed by atoms with van der Waals surface area (Å²) >= 11 is 0. The molecule has 2 aromatic heterocycles. The van der Waals surface area contributed by atoms with Gasteiger partial charge in [-0.3, -0.25) is 19.6 Å². The Morgan fingerprint density at radius 1 is 1.42 bits per heavy atom. The monoisotopic (exact) mass is 332 g/mol. The second kappa shape index (κ2) is 6.26. The van der Waals surface area contributed by atoms with E-state index >= 15 is 0 Å². The van der Waals surface area contributed by atoms with Crippen LogP contribution in [0.2, 0.25) is 0 Å². The molecular formula is C15H20N6O3. The van der Waals surface area contributed by atoms with E-state index in [0.717, 1.165) is 24.4 Å². The fraction of sp³-hybridized carbons (Fsp3) is 0.400. The van der Waals surface area contributed by atoms with E-state index in [1.54, 1.807) is 17.8 Å². The molecule has 0 atom stereocenters. The first-order chi connectivity index (χ1) is 11.1. The molecule has 2 heterocycles. The Morgan fingerprint density at radius 2 is 2.08 bits per heavy atom. The molecule has 24 heavy (non-hydrogen) atoms. The van der Waals surface area contributed by atoms with Gasteiger partial charge in [-0.1, -0.05) is 20.8 Å². The van der Waals surface area contributed by atoms with Gasteiger partial charge >= 0.3 is 0 Å². The van der Waals surface area contributed by atoms with Gasteiger partial charge in [0.25, 0.3) is 11.6 Å². The molecule has 9 nitrogen and oxygen atoms in total. The highest BCUT2D eigenvalue weighted by Crippen LogP contribution is 2.23. The molecule has 9 heteroatoms. The summed E-state index contributed by atoms with van der Waals surface area (Å²) in [5.41, 5.74) is 6.20. The first kappa shape index (κ1) is 17.4. The van der Waals surface area contributed by atoms with Crippen molar-refractivity contribution in [3.8, 4) is 0 Å². The van der Waals surface area contributed by atoms with Crippen LogP contribution in [0.1, 0.15) is 36.8 Å². The molecule has 0 aliphatic rings. The quantitative estimate of drug-likeness (QED) is 0.652. The molecule has 2 rings (SSSR count). The second-order valence-corrected chi connectivity index (χ2v) is 6.72. The molecule has 0 bridgehead atoms. The first-order valence-corrected chi connectivity index (χ1v) is 7.31. The van der Waals surface area contributed by atoms with Crippen molar-refractivity contribution in [2.75, 3.05) is 11.1 Å². The van der Waals surface area contributed by atoms with Crippen molar-refractivity contribution in [2.45, 2.75) is 27.2 Å². The Balaban J connectivity index is 2.24. The molecule has 1 amide bonds. The third-order valence-electron chi connectivity index (χ3n) is 3.24. The van der Waals surface area contributed by atoms with Crippen LogP contribution in [-0.2, 0) is 13.5 Å². The molecule has 0 spiro atoms. The van der Waals surface area contributed by atoms with Crippen LogP contribution in [0.3, 0.4) is 0 Å². The van der Waals surface area contributed by atoms with Crippen LogP contribution in [0.5, 0.6) is 0 Å². The van der Waals surface area contributed by atoms with Gasteiger partial charge in [0.05, 0.1) is 16.2 Å². The normalized spacial score (nSPS) is 11.3. The van der Waals surface area contributed by atoms with Crippen molar-refractivity contribution in [1.82, 2.24) is 14.8 Å². The lowest BCUT2D eigenvalue weighted by Gasteiger charge is -2.15. The molecular weight excluding hydrogens is 312 g/mol. The maximum Gasteiger partial charge on any atom is 0.288 e. The number of nitrogen functional groups attached to an aromatic ring is 1. The van der Waals surface area contributed by atoms with Crippen molar-refractivity contribution in [1.29, 1.82) is 0 Å². The summed E-state index contributed by atoms with van der Waals surface area (Å²) in [6.45, 7) is 6.28. The topological polar surface area (TPSA) is 129 Å². The maximum atomic E-state index is 12.4. The van der Waals surface area contributed by atoms with Gasteiger partial charge in [-0.05, 0) is 11.8 Å². The average molecular weight is 332 g/mol. The summed E-state index contributed by atoms with van der Waals surface area (Å²) in [5, 5.41) is 17.8. The third kappa shape index (κ3) is 4.06. The molecule has 0 saturated carbocycles. The Morgan fingerprint density at radius 3 is 2.67 bits per heavy atom. The number of carbonyl (C=O) groups is 1. The van der Waals surface area contributed by atoms with Gasteiger partial charge in [0.1, 0.15) is 17.8 Å². The van der Waals surface area contributed by atoms with E-state index in [-0.39, 0.29) is 22.5 Å². The number of aromatic nitrogens is 3. The number of hydrogen-bond acceptors (Lipinski definition) is 6. The fourth-order valence-corrected chi connectivity index (χ4v) is 2.20. The number of pyridine rings is 1. The highest BCUT2D eigenvalue weighted by atomic mass is 16.6. The molecule has 0 radical (unpaired) electrons. The number of amides is 1. The van der Waals surface area contributed by atoms with E-state index in [0.29, 0.717) is 5.82 Å². The molecule has 0 aromatic carbocycles. The van der Waals surface area contributed by atoms with Crippen molar-refractivity contribution in [3.63, 3.8) is 0 Å². The van der Waals surface area contributed by atoms with Crippen LogP contribution in [0.4, 0.5) is 17.3 Å². The number of aryl methyl sites for hydroxylation is 1. The lowest BCUT2D eigenvalue weighted by atomic mass is 9.91. The molecule has 0 fully saturated rings. The van der Waals surface area contributed by atoms with E-state index in [1.807, 2.05) is 0 Å². The summed E-state index contributed by atoms with van der Waals surface area (Å²) in [4.78, 5) is 26.2. The number of nitrogens with zero attached hydrogens (tertiary/aromatic N) is 4. The lowest BCUT2D eigenvalue weighted by molar-refractivity contribution is -0.385. The van der Waals surface area contributed by atoms with Crippen molar-refractivity contribution < 1.29 is 9.72 Å². The molecule has 128 valence electrons.